The minimum Gasteiger partial charge on any atom is -0.462 e. The summed E-state index contributed by atoms with van der Waals surface area (Å²) in [5.74, 6) is -0.924. The first-order valence-corrected chi connectivity index (χ1v) is 30.5. The number of ether oxygens (including phenoxy) is 3. The molecule has 0 saturated carbocycles. The number of hydrogen-bond donors (Lipinski definition) is 0. The third kappa shape index (κ3) is 57.6. The standard InChI is InChI=1S/C65H114O6/c1-4-7-10-13-16-19-22-25-28-31-33-35-37-40-43-46-49-52-55-58-64(67)70-61-62(60-69-63(66)57-54-51-48-45-42-39-36-30-27-24-21-18-15-12-9-6-3)71-65(68)59-56-53-50-47-44-41-38-34-32-29-26-23-20-17-14-11-8-5-2/h9,12,18,21,27,29-30,32,34,38-39,42,62H,4-8,10-11,13-17,19-20,22-26,28,31,33,35-37,40-41,43-61H2,1-3H3/b12-9-,21-18-,30-27-,32-29-,38-34-,42-39-. The number of rotatable bonds is 55. The van der Waals surface area contributed by atoms with Gasteiger partial charge in [0.25, 0.3) is 0 Å². The first kappa shape index (κ1) is 67.8. The molecule has 1 unspecified atom stereocenters. The van der Waals surface area contributed by atoms with Crippen LogP contribution >= 0.6 is 0 Å². The largest absolute Gasteiger partial charge is 0.462 e. The number of allylic oxidation sites excluding steroid dienone is 12. The lowest BCUT2D eigenvalue weighted by Gasteiger charge is -2.18. The van der Waals surface area contributed by atoms with E-state index < -0.39 is 6.10 Å². The van der Waals surface area contributed by atoms with Gasteiger partial charge in [0.05, 0.1) is 0 Å². The van der Waals surface area contributed by atoms with Crippen molar-refractivity contribution in [3.63, 3.8) is 0 Å². The highest BCUT2D eigenvalue weighted by Crippen LogP contribution is 2.16. The molecule has 0 saturated heterocycles. The van der Waals surface area contributed by atoms with Gasteiger partial charge < -0.3 is 14.2 Å². The van der Waals surface area contributed by atoms with E-state index >= 15 is 0 Å². The van der Waals surface area contributed by atoms with Crippen molar-refractivity contribution in [1.82, 2.24) is 0 Å². The molecule has 0 N–H and O–H groups in total. The topological polar surface area (TPSA) is 78.9 Å². The molecular formula is C65H114O6. The predicted molar refractivity (Wildman–Crippen MR) is 307 cm³/mol. The van der Waals surface area contributed by atoms with Gasteiger partial charge in [0.15, 0.2) is 6.10 Å². The van der Waals surface area contributed by atoms with Crippen LogP contribution in [0.15, 0.2) is 72.9 Å². The summed E-state index contributed by atoms with van der Waals surface area (Å²) in [4.78, 5) is 38.2. The summed E-state index contributed by atoms with van der Waals surface area (Å²) in [5, 5.41) is 0. The monoisotopic (exact) mass is 991 g/mol. The number of esters is 3. The zero-order valence-corrected chi connectivity index (χ0v) is 47.0. The Morgan fingerprint density at radius 1 is 0.310 bits per heavy atom. The van der Waals surface area contributed by atoms with Crippen molar-refractivity contribution < 1.29 is 28.6 Å². The molecule has 0 heterocycles. The van der Waals surface area contributed by atoms with E-state index in [9.17, 15) is 14.4 Å². The average molecular weight is 992 g/mol. The Labute approximate surface area is 440 Å². The van der Waals surface area contributed by atoms with Gasteiger partial charge in [-0.25, -0.2) is 0 Å². The van der Waals surface area contributed by atoms with E-state index in [2.05, 4.69) is 93.7 Å². The maximum atomic E-state index is 12.9. The van der Waals surface area contributed by atoms with Gasteiger partial charge in [0.2, 0.25) is 0 Å². The minimum absolute atomic E-state index is 0.0896. The second kappa shape index (κ2) is 59.4. The highest BCUT2D eigenvalue weighted by atomic mass is 16.6. The summed E-state index contributed by atoms with van der Waals surface area (Å²) in [5.41, 5.74) is 0. The van der Waals surface area contributed by atoms with Crippen LogP contribution in [0.4, 0.5) is 0 Å². The van der Waals surface area contributed by atoms with E-state index in [0.29, 0.717) is 19.3 Å². The van der Waals surface area contributed by atoms with E-state index in [0.717, 1.165) is 109 Å². The fourth-order valence-electron chi connectivity index (χ4n) is 8.66. The molecule has 0 radical (unpaired) electrons. The second-order valence-corrected chi connectivity index (χ2v) is 20.3. The Morgan fingerprint density at radius 3 is 0.958 bits per heavy atom. The molecule has 0 aromatic rings. The van der Waals surface area contributed by atoms with Crippen LogP contribution < -0.4 is 0 Å². The maximum Gasteiger partial charge on any atom is 0.306 e. The van der Waals surface area contributed by atoms with Gasteiger partial charge in [-0.3, -0.25) is 14.4 Å². The Morgan fingerprint density at radius 2 is 0.592 bits per heavy atom. The quantitative estimate of drug-likeness (QED) is 0.0199. The van der Waals surface area contributed by atoms with Crippen LogP contribution in [0, 0.1) is 0 Å². The summed E-state index contributed by atoms with van der Waals surface area (Å²) in [6.07, 6.45) is 76.1. The van der Waals surface area contributed by atoms with Crippen molar-refractivity contribution in [1.29, 1.82) is 0 Å². The molecule has 0 amide bonds. The number of carbonyl (C=O) groups excluding carboxylic acids is 3. The van der Waals surface area contributed by atoms with Crippen LogP contribution in [0.1, 0.15) is 303 Å². The van der Waals surface area contributed by atoms with Crippen molar-refractivity contribution >= 4 is 17.9 Å². The van der Waals surface area contributed by atoms with E-state index in [4.69, 9.17) is 14.2 Å². The molecule has 410 valence electrons. The zero-order chi connectivity index (χ0) is 51.4. The number of carbonyl (C=O) groups is 3. The van der Waals surface area contributed by atoms with E-state index in [-0.39, 0.29) is 31.1 Å². The summed E-state index contributed by atoms with van der Waals surface area (Å²) >= 11 is 0. The predicted octanol–water partition coefficient (Wildman–Crippen LogP) is 20.5. The van der Waals surface area contributed by atoms with Crippen LogP contribution in [0.2, 0.25) is 0 Å². The van der Waals surface area contributed by atoms with Gasteiger partial charge in [-0.15, -0.1) is 0 Å². The second-order valence-electron chi connectivity index (χ2n) is 20.3. The molecule has 0 rings (SSSR count). The van der Waals surface area contributed by atoms with Crippen molar-refractivity contribution in [3.8, 4) is 0 Å². The van der Waals surface area contributed by atoms with Crippen molar-refractivity contribution in [3.05, 3.63) is 72.9 Å². The van der Waals surface area contributed by atoms with Crippen LogP contribution in [-0.4, -0.2) is 37.2 Å². The average Bonchev–Trinajstić information content (AvgIpc) is 3.37. The molecule has 0 spiro atoms. The zero-order valence-electron chi connectivity index (χ0n) is 47.0. The molecule has 0 aliphatic heterocycles. The van der Waals surface area contributed by atoms with E-state index in [1.807, 2.05) is 0 Å². The first-order valence-electron chi connectivity index (χ1n) is 30.5. The summed E-state index contributed by atoms with van der Waals surface area (Å²) in [6, 6.07) is 0. The van der Waals surface area contributed by atoms with Crippen LogP contribution in [0.3, 0.4) is 0 Å². The fraction of sp³-hybridized carbons (Fsp3) is 0.769. The van der Waals surface area contributed by atoms with Crippen molar-refractivity contribution in [2.24, 2.45) is 0 Å². The Balaban J connectivity index is 4.42. The minimum atomic E-state index is -0.796. The molecule has 0 fully saturated rings. The molecular weight excluding hydrogens is 877 g/mol. The molecule has 6 nitrogen and oxygen atoms in total. The van der Waals surface area contributed by atoms with E-state index in [1.165, 1.54) is 154 Å². The highest BCUT2D eigenvalue weighted by molar-refractivity contribution is 5.71. The maximum absolute atomic E-state index is 12.9. The van der Waals surface area contributed by atoms with Crippen LogP contribution in [0.5, 0.6) is 0 Å². The summed E-state index contributed by atoms with van der Waals surface area (Å²) in [6.45, 7) is 6.52. The molecule has 0 aliphatic carbocycles. The molecule has 0 aromatic carbocycles. The van der Waals surface area contributed by atoms with Gasteiger partial charge >= 0.3 is 17.9 Å². The third-order valence-electron chi connectivity index (χ3n) is 13.2. The molecule has 0 aromatic heterocycles. The Kier molecular flexibility index (Phi) is 56.8. The Bertz CT molecular complexity index is 1320. The number of hydrogen-bond acceptors (Lipinski definition) is 6. The van der Waals surface area contributed by atoms with Gasteiger partial charge in [-0.2, -0.15) is 0 Å². The normalized spacial score (nSPS) is 12.5. The fourth-order valence-corrected chi connectivity index (χ4v) is 8.66. The summed E-state index contributed by atoms with van der Waals surface area (Å²) < 4.78 is 16.9. The first-order chi connectivity index (χ1) is 35.0. The lowest BCUT2D eigenvalue weighted by molar-refractivity contribution is -0.167. The smallest absolute Gasteiger partial charge is 0.306 e. The molecule has 6 heteroatoms. The van der Waals surface area contributed by atoms with Crippen LogP contribution in [-0.2, 0) is 28.6 Å². The van der Waals surface area contributed by atoms with E-state index in [1.54, 1.807) is 0 Å². The SMILES string of the molecule is CC/C=C\C/C=C\C/C=C\C/C=C\CCCCCC(=O)OCC(COC(=O)CCCCCCCCCCCCCCCCCCCCC)OC(=O)CCCCCCC/C=C\C=C/CCCCCCCCC. The lowest BCUT2D eigenvalue weighted by atomic mass is 10.0. The molecule has 0 bridgehead atoms. The van der Waals surface area contributed by atoms with Gasteiger partial charge in [-0.1, -0.05) is 273 Å². The van der Waals surface area contributed by atoms with Gasteiger partial charge in [0.1, 0.15) is 13.2 Å². The highest BCUT2D eigenvalue weighted by Gasteiger charge is 2.19. The molecule has 1 atom stereocenters. The Hall–Kier alpha value is -3.15. The van der Waals surface area contributed by atoms with Gasteiger partial charge in [0, 0.05) is 19.3 Å². The molecule has 0 aliphatic rings. The number of unbranched alkanes of at least 4 members (excludes halogenated alkanes) is 33. The summed E-state index contributed by atoms with van der Waals surface area (Å²) in [7, 11) is 0. The van der Waals surface area contributed by atoms with Crippen LogP contribution in [0.25, 0.3) is 0 Å². The lowest BCUT2D eigenvalue weighted by Crippen LogP contribution is -2.30. The van der Waals surface area contributed by atoms with Crippen molar-refractivity contribution in [2.75, 3.05) is 13.2 Å². The molecule has 71 heavy (non-hydrogen) atoms. The van der Waals surface area contributed by atoms with Gasteiger partial charge in [-0.05, 0) is 83.5 Å². The van der Waals surface area contributed by atoms with Crippen molar-refractivity contribution in [2.45, 2.75) is 309 Å². The third-order valence-corrected chi connectivity index (χ3v) is 13.2.